The second kappa shape index (κ2) is 6.02. The summed E-state index contributed by atoms with van der Waals surface area (Å²) in [5.41, 5.74) is 2.16. The number of allylic oxidation sites excluding steroid dienone is 1. The van der Waals surface area contributed by atoms with E-state index < -0.39 is 0 Å². The molecule has 4 atom stereocenters. The molecule has 0 aromatic carbocycles. The summed E-state index contributed by atoms with van der Waals surface area (Å²) in [6, 6.07) is 0. The van der Waals surface area contributed by atoms with Gasteiger partial charge < -0.3 is 0 Å². The Labute approximate surface area is 121 Å². The van der Waals surface area contributed by atoms with E-state index >= 15 is 0 Å². The van der Waals surface area contributed by atoms with Crippen LogP contribution < -0.4 is 0 Å². The van der Waals surface area contributed by atoms with Crippen LogP contribution in [-0.2, 0) is 0 Å². The monoisotopic (exact) mass is 262 g/mol. The van der Waals surface area contributed by atoms with Crippen molar-refractivity contribution in [2.75, 3.05) is 0 Å². The Bertz CT molecular complexity index is 314. The molecule has 0 N–H and O–H groups in total. The molecule has 2 aliphatic carbocycles. The van der Waals surface area contributed by atoms with Crippen molar-refractivity contribution in [2.45, 2.75) is 79.1 Å². The van der Waals surface area contributed by atoms with Gasteiger partial charge in [-0.15, -0.1) is 0 Å². The molecule has 2 rings (SSSR count). The van der Waals surface area contributed by atoms with E-state index in [1.54, 1.807) is 5.57 Å². The van der Waals surface area contributed by atoms with Crippen LogP contribution in [0.2, 0.25) is 0 Å². The molecule has 0 amide bonds. The van der Waals surface area contributed by atoms with Gasteiger partial charge in [0.25, 0.3) is 0 Å². The highest BCUT2D eigenvalue weighted by molar-refractivity contribution is 5.15. The van der Waals surface area contributed by atoms with Crippen molar-refractivity contribution in [1.29, 1.82) is 0 Å². The quantitative estimate of drug-likeness (QED) is 0.516. The number of rotatable bonds is 5. The SMILES string of the molecule is C=C1CCCC2(C)C([C@H](C)CCCC(C)C)CC[C@@H]12. The zero-order valence-corrected chi connectivity index (χ0v) is 13.7. The average Bonchev–Trinajstić information content (AvgIpc) is 2.67. The predicted octanol–water partition coefficient (Wildman–Crippen LogP) is 6.22. The first-order valence-corrected chi connectivity index (χ1v) is 8.63. The fourth-order valence-electron chi connectivity index (χ4n) is 5.15. The summed E-state index contributed by atoms with van der Waals surface area (Å²) in [5, 5.41) is 0. The van der Waals surface area contributed by atoms with Gasteiger partial charge in [0, 0.05) is 0 Å². The maximum Gasteiger partial charge on any atom is -0.0149 e. The summed E-state index contributed by atoms with van der Waals surface area (Å²) in [4.78, 5) is 0. The molecular formula is C19H34. The third kappa shape index (κ3) is 3.09. The van der Waals surface area contributed by atoms with Gasteiger partial charge in [0.1, 0.15) is 0 Å². The van der Waals surface area contributed by atoms with Gasteiger partial charge in [0.2, 0.25) is 0 Å². The highest BCUT2D eigenvalue weighted by Gasteiger charge is 2.49. The van der Waals surface area contributed by atoms with Gasteiger partial charge in [-0.2, -0.15) is 0 Å². The fourth-order valence-corrected chi connectivity index (χ4v) is 5.15. The third-order valence-corrected chi connectivity index (χ3v) is 6.24. The summed E-state index contributed by atoms with van der Waals surface area (Å²) < 4.78 is 0. The minimum absolute atomic E-state index is 0.590. The minimum atomic E-state index is 0.590. The van der Waals surface area contributed by atoms with Crippen molar-refractivity contribution in [3.8, 4) is 0 Å². The van der Waals surface area contributed by atoms with Crippen molar-refractivity contribution < 1.29 is 0 Å². The molecular weight excluding hydrogens is 228 g/mol. The molecule has 0 heteroatoms. The van der Waals surface area contributed by atoms with Gasteiger partial charge in [-0.1, -0.05) is 59.1 Å². The van der Waals surface area contributed by atoms with E-state index in [2.05, 4.69) is 34.3 Å². The van der Waals surface area contributed by atoms with Crippen LogP contribution >= 0.6 is 0 Å². The highest BCUT2D eigenvalue weighted by Crippen LogP contribution is 2.59. The van der Waals surface area contributed by atoms with Crippen LogP contribution in [0.5, 0.6) is 0 Å². The van der Waals surface area contributed by atoms with Crippen LogP contribution in [-0.4, -0.2) is 0 Å². The van der Waals surface area contributed by atoms with Crippen molar-refractivity contribution >= 4 is 0 Å². The Balaban J connectivity index is 1.95. The normalized spacial score (nSPS) is 36.6. The highest BCUT2D eigenvalue weighted by atomic mass is 14.5. The van der Waals surface area contributed by atoms with Crippen molar-refractivity contribution in [3.05, 3.63) is 12.2 Å². The lowest BCUT2D eigenvalue weighted by Crippen LogP contribution is -2.35. The van der Waals surface area contributed by atoms with E-state index in [1.807, 2.05) is 0 Å². The van der Waals surface area contributed by atoms with Gasteiger partial charge in [0.15, 0.2) is 0 Å². The van der Waals surface area contributed by atoms with Crippen LogP contribution in [0.1, 0.15) is 79.1 Å². The van der Waals surface area contributed by atoms with Gasteiger partial charge in [-0.25, -0.2) is 0 Å². The fraction of sp³-hybridized carbons (Fsp3) is 0.895. The molecule has 19 heavy (non-hydrogen) atoms. The molecule has 2 unspecified atom stereocenters. The molecule has 0 aromatic rings. The van der Waals surface area contributed by atoms with Gasteiger partial charge >= 0.3 is 0 Å². The smallest absolute Gasteiger partial charge is 0.0149 e. The summed E-state index contributed by atoms with van der Waals surface area (Å²) in [6.45, 7) is 14.2. The van der Waals surface area contributed by atoms with Crippen LogP contribution in [0.25, 0.3) is 0 Å². The topological polar surface area (TPSA) is 0 Å². The van der Waals surface area contributed by atoms with Crippen LogP contribution in [0.15, 0.2) is 12.2 Å². The summed E-state index contributed by atoms with van der Waals surface area (Å²) in [5.74, 6) is 3.59. The molecule has 0 bridgehead atoms. The van der Waals surface area contributed by atoms with Crippen LogP contribution in [0.4, 0.5) is 0 Å². The molecule has 2 saturated carbocycles. The lowest BCUT2D eigenvalue weighted by molar-refractivity contribution is 0.0932. The molecule has 0 aliphatic heterocycles. The van der Waals surface area contributed by atoms with E-state index in [9.17, 15) is 0 Å². The molecule has 0 radical (unpaired) electrons. The lowest BCUT2D eigenvalue weighted by Gasteiger charge is -2.44. The standard InChI is InChI=1S/C19H34/c1-14(2)8-6-9-15(3)17-11-12-18-16(4)10-7-13-19(17,18)5/h14-15,17-18H,4,6-13H2,1-3,5H3/t15-,17?,18+,19?/m1/s1. The lowest BCUT2D eigenvalue weighted by atomic mass is 9.61. The first kappa shape index (κ1) is 15.1. The Hall–Kier alpha value is -0.260. The number of hydrogen-bond donors (Lipinski definition) is 0. The molecule has 0 spiro atoms. The van der Waals surface area contributed by atoms with Crippen LogP contribution in [0, 0.1) is 29.1 Å². The number of fused-ring (bicyclic) bond motifs is 1. The minimum Gasteiger partial charge on any atom is -0.0996 e. The molecule has 2 aliphatic rings. The first-order chi connectivity index (χ1) is 8.95. The van der Waals surface area contributed by atoms with Gasteiger partial charge in [-0.3, -0.25) is 0 Å². The second-order valence-corrected chi connectivity index (χ2v) is 8.06. The van der Waals surface area contributed by atoms with Crippen molar-refractivity contribution in [1.82, 2.24) is 0 Å². The van der Waals surface area contributed by atoms with Gasteiger partial charge in [0.05, 0.1) is 0 Å². The average molecular weight is 262 g/mol. The largest absolute Gasteiger partial charge is 0.0996 e. The predicted molar refractivity (Wildman–Crippen MR) is 85.2 cm³/mol. The van der Waals surface area contributed by atoms with E-state index in [1.165, 1.54) is 51.4 Å². The van der Waals surface area contributed by atoms with Crippen molar-refractivity contribution in [3.63, 3.8) is 0 Å². The molecule has 0 saturated heterocycles. The zero-order chi connectivity index (χ0) is 14.0. The zero-order valence-electron chi connectivity index (χ0n) is 13.7. The molecule has 0 nitrogen and oxygen atoms in total. The Kier molecular flexibility index (Phi) is 4.79. The first-order valence-electron chi connectivity index (χ1n) is 8.63. The van der Waals surface area contributed by atoms with Crippen molar-refractivity contribution in [2.24, 2.45) is 29.1 Å². The maximum absolute atomic E-state index is 4.38. The van der Waals surface area contributed by atoms with Crippen LogP contribution in [0.3, 0.4) is 0 Å². The molecule has 0 heterocycles. The number of hydrogen-bond acceptors (Lipinski definition) is 0. The Morgan fingerprint density at radius 2 is 1.95 bits per heavy atom. The third-order valence-electron chi connectivity index (χ3n) is 6.24. The summed E-state index contributed by atoms with van der Waals surface area (Å²) in [7, 11) is 0. The molecule has 2 fully saturated rings. The second-order valence-electron chi connectivity index (χ2n) is 8.06. The van der Waals surface area contributed by atoms with E-state index in [4.69, 9.17) is 0 Å². The van der Waals surface area contributed by atoms with E-state index in [-0.39, 0.29) is 0 Å². The molecule has 0 aromatic heterocycles. The van der Waals surface area contributed by atoms with Gasteiger partial charge in [-0.05, 0) is 61.2 Å². The summed E-state index contributed by atoms with van der Waals surface area (Å²) in [6.07, 6.45) is 11.3. The Morgan fingerprint density at radius 3 is 2.63 bits per heavy atom. The Morgan fingerprint density at radius 1 is 1.21 bits per heavy atom. The molecule has 110 valence electrons. The van der Waals surface area contributed by atoms with E-state index in [0.717, 1.165) is 23.7 Å². The maximum atomic E-state index is 4.38. The summed E-state index contributed by atoms with van der Waals surface area (Å²) >= 11 is 0. The van der Waals surface area contributed by atoms with E-state index in [0.29, 0.717) is 5.41 Å².